The minimum Gasteiger partial charge on any atom is -0.493 e. The number of hydrogen-bond acceptors (Lipinski definition) is 4. The van der Waals surface area contributed by atoms with Gasteiger partial charge < -0.3 is 4.74 Å². The zero-order chi connectivity index (χ0) is 22.3. The van der Waals surface area contributed by atoms with Gasteiger partial charge in [0.1, 0.15) is 11.4 Å². The van der Waals surface area contributed by atoms with Crippen LogP contribution in [0.15, 0.2) is 110 Å². The molecule has 3 aromatic carbocycles. The van der Waals surface area contributed by atoms with Crippen molar-refractivity contribution in [3.8, 4) is 33.8 Å². The number of aromatic nitrogens is 4. The summed E-state index contributed by atoms with van der Waals surface area (Å²) in [6.07, 6.45) is 7.35. The van der Waals surface area contributed by atoms with Crippen molar-refractivity contribution in [3.05, 3.63) is 115 Å². The quantitative estimate of drug-likeness (QED) is 0.282. The molecule has 5 heteroatoms. The van der Waals surface area contributed by atoms with Crippen LogP contribution in [0.3, 0.4) is 0 Å². The smallest absolute Gasteiger partial charge is 0.127 e. The van der Waals surface area contributed by atoms with Crippen molar-refractivity contribution >= 4 is 0 Å². The van der Waals surface area contributed by atoms with Gasteiger partial charge >= 0.3 is 0 Å². The molecule has 0 aliphatic heterocycles. The number of para-hydroxylation sites is 1. The molecule has 2 heterocycles. The third kappa shape index (κ3) is 4.99. The van der Waals surface area contributed by atoms with Gasteiger partial charge in [-0.3, -0.25) is 4.98 Å². The molecule has 0 radical (unpaired) electrons. The number of nitrogens with zero attached hydrogens (tertiary/aromatic N) is 4. The van der Waals surface area contributed by atoms with Crippen molar-refractivity contribution in [2.45, 2.75) is 12.8 Å². The predicted octanol–water partition coefficient (Wildman–Crippen LogP) is 6.01. The van der Waals surface area contributed by atoms with E-state index in [1.165, 1.54) is 11.1 Å². The fraction of sp³-hybridized carbons (Fsp3) is 0.107. The Morgan fingerprint density at radius 3 is 2.36 bits per heavy atom. The second-order valence-corrected chi connectivity index (χ2v) is 7.77. The topological polar surface area (TPSA) is 52.8 Å². The lowest BCUT2D eigenvalue weighted by Gasteiger charge is -2.12. The van der Waals surface area contributed by atoms with Gasteiger partial charge in [-0.2, -0.15) is 0 Å². The van der Waals surface area contributed by atoms with Crippen molar-refractivity contribution < 1.29 is 4.74 Å². The van der Waals surface area contributed by atoms with Crippen LogP contribution in [0.25, 0.3) is 28.1 Å². The summed E-state index contributed by atoms with van der Waals surface area (Å²) in [6, 6.07) is 30.8. The first-order valence-corrected chi connectivity index (χ1v) is 11.1. The number of ether oxygens (including phenoxy) is 1. The molecule has 5 rings (SSSR count). The van der Waals surface area contributed by atoms with Gasteiger partial charge in [-0.25, -0.2) is 4.68 Å². The zero-order valence-corrected chi connectivity index (χ0v) is 18.2. The molecular formula is C28H24N4O. The highest BCUT2D eigenvalue weighted by atomic mass is 16.5. The van der Waals surface area contributed by atoms with Crippen molar-refractivity contribution in [2.24, 2.45) is 0 Å². The summed E-state index contributed by atoms with van der Waals surface area (Å²) < 4.78 is 7.91. The van der Waals surface area contributed by atoms with E-state index >= 15 is 0 Å². The monoisotopic (exact) mass is 432 g/mol. The second kappa shape index (κ2) is 9.92. The zero-order valence-electron chi connectivity index (χ0n) is 18.2. The molecule has 0 spiro atoms. The van der Waals surface area contributed by atoms with E-state index in [2.05, 4.69) is 69.9 Å². The van der Waals surface area contributed by atoms with Gasteiger partial charge in [-0.15, -0.1) is 5.10 Å². The molecule has 0 fully saturated rings. The Kier molecular flexibility index (Phi) is 6.20. The van der Waals surface area contributed by atoms with Crippen LogP contribution in [0.2, 0.25) is 0 Å². The molecule has 5 nitrogen and oxygen atoms in total. The Morgan fingerprint density at radius 2 is 1.55 bits per heavy atom. The molecule has 0 N–H and O–H groups in total. The summed E-state index contributed by atoms with van der Waals surface area (Å²) in [6.45, 7) is 0.670. The summed E-state index contributed by atoms with van der Waals surface area (Å²) in [5, 5.41) is 8.51. The molecule has 0 aliphatic rings. The van der Waals surface area contributed by atoms with Crippen LogP contribution < -0.4 is 4.74 Å². The fourth-order valence-corrected chi connectivity index (χ4v) is 3.76. The van der Waals surface area contributed by atoms with Gasteiger partial charge in [0.2, 0.25) is 0 Å². The molecule has 2 aromatic heterocycles. The molecule has 0 bridgehead atoms. The molecule has 33 heavy (non-hydrogen) atoms. The highest BCUT2D eigenvalue weighted by Gasteiger charge is 2.07. The average Bonchev–Trinajstić information content (AvgIpc) is 3.39. The number of rotatable bonds is 8. The standard InChI is InChI=1S/C28H24N4O/c1-2-9-23(10-3-1)26-12-4-5-13-28(26)33-19-7-8-22-14-16-25(17-15-22)32-21-27(30-31-32)24-11-6-18-29-20-24/h1-6,9-18,20-21H,7-8,19H2. The van der Waals surface area contributed by atoms with Gasteiger partial charge in [-0.05, 0) is 54.3 Å². The highest BCUT2D eigenvalue weighted by Crippen LogP contribution is 2.29. The molecule has 162 valence electrons. The van der Waals surface area contributed by atoms with Crippen LogP contribution in [0.1, 0.15) is 12.0 Å². The maximum atomic E-state index is 6.12. The van der Waals surface area contributed by atoms with E-state index in [1.807, 2.05) is 42.6 Å². The normalized spacial score (nSPS) is 10.8. The van der Waals surface area contributed by atoms with Crippen LogP contribution in [-0.2, 0) is 6.42 Å². The number of hydrogen-bond donors (Lipinski definition) is 0. The Balaban J connectivity index is 1.17. The summed E-state index contributed by atoms with van der Waals surface area (Å²) in [5.41, 5.74) is 6.31. The molecule has 0 unspecified atom stereocenters. The Morgan fingerprint density at radius 1 is 0.758 bits per heavy atom. The Labute approximate surface area is 193 Å². The average molecular weight is 433 g/mol. The van der Waals surface area contributed by atoms with Crippen LogP contribution in [-0.4, -0.2) is 26.6 Å². The lowest BCUT2D eigenvalue weighted by molar-refractivity contribution is 0.312. The molecule has 0 saturated carbocycles. The molecule has 0 aliphatic carbocycles. The molecular weight excluding hydrogens is 408 g/mol. The summed E-state index contributed by atoms with van der Waals surface area (Å²) in [7, 11) is 0. The van der Waals surface area contributed by atoms with E-state index in [9.17, 15) is 0 Å². The van der Waals surface area contributed by atoms with Crippen molar-refractivity contribution in [3.63, 3.8) is 0 Å². The first kappa shape index (κ1) is 20.6. The minimum atomic E-state index is 0.670. The van der Waals surface area contributed by atoms with Gasteiger partial charge in [0.15, 0.2) is 0 Å². The highest BCUT2D eigenvalue weighted by molar-refractivity contribution is 5.70. The number of benzene rings is 3. The maximum absolute atomic E-state index is 6.12. The summed E-state index contributed by atoms with van der Waals surface area (Å²) in [4.78, 5) is 4.14. The van der Waals surface area contributed by atoms with Crippen LogP contribution in [0, 0.1) is 0 Å². The molecule has 0 atom stereocenters. The minimum absolute atomic E-state index is 0.670. The largest absolute Gasteiger partial charge is 0.493 e. The third-order valence-corrected chi connectivity index (χ3v) is 5.49. The Hall–Kier alpha value is -4.25. The van der Waals surface area contributed by atoms with Crippen molar-refractivity contribution in [2.75, 3.05) is 6.61 Å². The fourth-order valence-electron chi connectivity index (χ4n) is 3.76. The van der Waals surface area contributed by atoms with E-state index in [1.54, 1.807) is 17.1 Å². The van der Waals surface area contributed by atoms with E-state index in [-0.39, 0.29) is 0 Å². The van der Waals surface area contributed by atoms with Gasteiger partial charge in [-0.1, -0.05) is 65.9 Å². The Bertz CT molecular complexity index is 1300. The lowest BCUT2D eigenvalue weighted by Crippen LogP contribution is -2.01. The van der Waals surface area contributed by atoms with E-state index in [0.717, 1.165) is 41.1 Å². The SMILES string of the molecule is c1ccc(-c2ccccc2OCCCc2ccc(-n3cc(-c4cccnc4)nn3)cc2)cc1. The second-order valence-electron chi connectivity index (χ2n) is 7.77. The molecule has 5 aromatic rings. The predicted molar refractivity (Wildman–Crippen MR) is 130 cm³/mol. The summed E-state index contributed by atoms with van der Waals surface area (Å²) in [5.74, 6) is 0.926. The van der Waals surface area contributed by atoms with Crippen LogP contribution >= 0.6 is 0 Å². The number of pyridine rings is 1. The van der Waals surface area contributed by atoms with Crippen LogP contribution in [0.4, 0.5) is 0 Å². The first-order valence-electron chi connectivity index (χ1n) is 11.1. The number of aryl methyl sites for hydroxylation is 1. The first-order chi connectivity index (χ1) is 16.4. The summed E-state index contributed by atoms with van der Waals surface area (Å²) >= 11 is 0. The van der Waals surface area contributed by atoms with E-state index in [4.69, 9.17) is 4.74 Å². The van der Waals surface area contributed by atoms with Gasteiger partial charge in [0.25, 0.3) is 0 Å². The van der Waals surface area contributed by atoms with Crippen LogP contribution in [0.5, 0.6) is 5.75 Å². The van der Waals surface area contributed by atoms with E-state index < -0.39 is 0 Å². The van der Waals surface area contributed by atoms with Crippen molar-refractivity contribution in [1.29, 1.82) is 0 Å². The molecule has 0 amide bonds. The maximum Gasteiger partial charge on any atom is 0.127 e. The van der Waals surface area contributed by atoms with Crippen molar-refractivity contribution in [1.82, 2.24) is 20.0 Å². The van der Waals surface area contributed by atoms with Gasteiger partial charge in [0, 0.05) is 23.5 Å². The third-order valence-electron chi connectivity index (χ3n) is 5.49. The van der Waals surface area contributed by atoms with Gasteiger partial charge in [0.05, 0.1) is 18.5 Å². The molecule has 0 saturated heterocycles. The lowest BCUT2D eigenvalue weighted by atomic mass is 10.0. The van der Waals surface area contributed by atoms with E-state index in [0.29, 0.717) is 6.61 Å².